The Morgan fingerprint density at radius 2 is 1.93 bits per heavy atom. The number of H-pyrrole nitrogens is 1. The van der Waals surface area contributed by atoms with Crippen LogP contribution in [-0.4, -0.2) is 30.2 Å². The minimum absolute atomic E-state index is 0.127. The third-order valence-corrected chi connectivity index (χ3v) is 4.59. The molecule has 4 aromatic rings. The Labute approximate surface area is 157 Å². The van der Waals surface area contributed by atoms with Crippen molar-refractivity contribution >= 4 is 27.9 Å². The number of nitrogens with zero attached hydrogens (tertiary/aromatic N) is 3. The molecule has 0 saturated carbocycles. The molecule has 0 aliphatic carbocycles. The van der Waals surface area contributed by atoms with E-state index < -0.39 is 17.2 Å². The lowest BCUT2D eigenvalue weighted by molar-refractivity contribution is 0.0697. The highest BCUT2D eigenvalue weighted by atomic mass is 16.4. The van der Waals surface area contributed by atoms with Gasteiger partial charge in [0.2, 0.25) is 0 Å². The van der Waals surface area contributed by atoms with Gasteiger partial charge < -0.3 is 10.1 Å². The fourth-order valence-electron chi connectivity index (χ4n) is 3.14. The minimum Gasteiger partial charge on any atom is -0.478 e. The second-order valence-electron chi connectivity index (χ2n) is 6.30. The molecule has 4 rings (SSSR count). The van der Waals surface area contributed by atoms with Crippen LogP contribution in [0.2, 0.25) is 0 Å². The van der Waals surface area contributed by atoms with Crippen LogP contribution in [0.1, 0.15) is 10.4 Å². The number of rotatable bonds is 3. The number of benzene rings is 2. The number of carboxylic acids is 1. The average molecular weight is 374 g/mol. The lowest BCUT2D eigenvalue weighted by Gasteiger charge is -2.03. The van der Waals surface area contributed by atoms with Crippen LogP contribution >= 0.6 is 0 Å². The molecule has 2 N–H and O–H groups in total. The van der Waals surface area contributed by atoms with E-state index in [9.17, 15) is 14.4 Å². The van der Waals surface area contributed by atoms with Crippen LogP contribution in [-0.2, 0) is 13.6 Å². The second kappa shape index (κ2) is 6.25. The van der Waals surface area contributed by atoms with Crippen LogP contribution in [0.5, 0.6) is 0 Å². The summed E-state index contributed by atoms with van der Waals surface area (Å²) in [6.45, 7) is -0.127. The Balaban J connectivity index is 1.91. The summed E-state index contributed by atoms with van der Waals surface area (Å²) in [5, 5.41) is 10.7. The van der Waals surface area contributed by atoms with E-state index in [0.29, 0.717) is 11.4 Å². The van der Waals surface area contributed by atoms with E-state index in [-0.39, 0.29) is 23.3 Å². The molecule has 0 saturated heterocycles. The first-order valence-corrected chi connectivity index (χ1v) is 8.31. The fraction of sp³-hybridized carbons (Fsp3) is 0.100. The van der Waals surface area contributed by atoms with Crippen molar-refractivity contribution in [1.82, 2.24) is 19.1 Å². The number of aryl methyl sites for hydroxylation is 1. The first-order chi connectivity index (χ1) is 13.4. The SMILES string of the molecule is C#CCn1c(=O)c2[nH]c(-c3ccc4cc(C(=O)O)ccc4c3)nc2n(C)c1=O. The number of aromatic nitrogens is 4. The molecule has 0 aliphatic heterocycles. The van der Waals surface area contributed by atoms with Gasteiger partial charge in [0.05, 0.1) is 12.1 Å². The molecule has 0 bridgehead atoms. The maximum atomic E-state index is 12.6. The molecule has 8 nitrogen and oxygen atoms in total. The van der Waals surface area contributed by atoms with E-state index in [1.807, 2.05) is 6.07 Å². The van der Waals surface area contributed by atoms with E-state index in [0.717, 1.165) is 15.3 Å². The highest BCUT2D eigenvalue weighted by molar-refractivity contribution is 5.95. The molecule has 0 aliphatic rings. The number of carboxylic acid groups (broad SMARTS) is 1. The third kappa shape index (κ3) is 2.57. The Hall–Kier alpha value is -4.12. The topological polar surface area (TPSA) is 110 Å². The molecule has 8 heteroatoms. The van der Waals surface area contributed by atoms with Gasteiger partial charge in [-0.05, 0) is 29.0 Å². The van der Waals surface area contributed by atoms with Crippen LogP contribution in [0.15, 0.2) is 46.0 Å². The van der Waals surface area contributed by atoms with Gasteiger partial charge in [0.1, 0.15) is 11.3 Å². The van der Waals surface area contributed by atoms with E-state index in [1.54, 1.807) is 24.3 Å². The first-order valence-electron chi connectivity index (χ1n) is 8.31. The molecule has 0 atom stereocenters. The van der Waals surface area contributed by atoms with Gasteiger partial charge in [0.15, 0.2) is 5.65 Å². The molecular formula is C20H14N4O4. The summed E-state index contributed by atoms with van der Waals surface area (Å²) in [6.07, 6.45) is 5.25. The van der Waals surface area contributed by atoms with Crippen molar-refractivity contribution in [3.05, 3.63) is 62.8 Å². The number of imidazole rings is 1. The number of fused-ring (bicyclic) bond motifs is 2. The predicted octanol–water partition coefficient (Wildman–Crippen LogP) is 1.57. The Kier molecular flexibility index (Phi) is 3.86. The van der Waals surface area contributed by atoms with Crippen LogP contribution < -0.4 is 11.2 Å². The zero-order valence-corrected chi connectivity index (χ0v) is 14.8. The van der Waals surface area contributed by atoms with Crippen LogP contribution in [0.3, 0.4) is 0 Å². The fourth-order valence-corrected chi connectivity index (χ4v) is 3.14. The molecule has 28 heavy (non-hydrogen) atoms. The van der Waals surface area contributed by atoms with Crippen LogP contribution in [0, 0.1) is 12.3 Å². The van der Waals surface area contributed by atoms with Crippen molar-refractivity contribution in [2.24, 2.45) is 7.05 Å². The molecule has 0 fully saturated rings. The van der Waals surface area contributed by atoms with Crippen molar-refractivity contribution in [2.45, 2.75) is 6.54 Å². The summed E-state index contributed by atoms with van der Waals surface area (Å²) < 4.78 is 2.24. The number of carbonyl (C=O) groups is 1. The first kappa shape index (κ1) is 17.3. The van der Waals surface area contributed by atoms with Crippen molar-refractivity contribution in [3.63, 3.8) is 0 Å². The molecule has 0 unspecified atom stereocenters. The predicted molar refractivity (Wildman–Crippen MR) is 104 cm³/mol. The summed E-state index contributed by atoms with van der Waals surface area (Å²) in [6, 6.07) is 10.2. The van der Waals surface area contributed by atoms with Gasteiger partial charge >= 0.3 is 11.7 Å². The van der Waals surface area contributed by atoms with Crippen LogP contribution in [0.4, 0.5) is 0 Å². The monoisotopic (exact) mass is 374 g/mol. The van der Waals surface area contributed by atoms with E-state index >= 15 is 0 Å². The average Bonchev–Trinajstić information content (AvgIpc) is 3.14. The summed E-state index contributed by atoms with van der Waals surface area (Å²) >= 11 is 0. The zero-order valence-electron chi connectivity index (χ0n) is 14.8. The summed E-state index contributed by atoms with van der Waals surface area (Å²) in [7, 11) is 1.52. The highest BCUT2D eigenvalue weighted by Gasteiger charge is 2.16. The largest absolute Gasteiger partial charge is 0.478 e. The molecule has 0 amide bonds. The Morgan fingerprint density at radius 3 is 2.64 bits per heavy atom. The van der Waals surface area contributed by atoms with E-state index in [4.69, 9.17) is 11.5 Å². The third-order valence-electron chi connectivity index (χ3n) is 4.59. The van der Waals surface area contributed by atoms with Crippen molar-refractivity contribution in [1.29, 1.82) is 0 Å². The van der Waals surface area contributed by atoms with Crippen LogP contribution in [0.25, 0.3) is 33.3 Å². The van der Waals surface area contributed by atoms with E-state index in [2.05, 4.69) is 15.9 Å². The highest BCUT2D eigenvalue weighted by Crippen LogP contribution is 2.24. The summed E-state index contributed by atoms with van der Waals surface area (Å²) in [5.74, 6) is 1.73. The number of hydrogen-bond donors (Lipinski definition) is 2. The molecule has 0 spiro atoms. The quantitative estimate of drug-likeness (QED) is 0.529. The van der Waals surface area contributed by atoms with Gasteiger partial charge in [-0.1, -0.05) is 24.1 Å². The minimum atomic E-state index is -0.993. The molecule has 2 aromatic heterocycles. The number of terminal acetylenes is 1. The Bertz CT molecular complexity index is 1430. The molecule has 2 heterocycles. The maximum absolute atomic E-state index is 12.6. The lowest BCUT2D eigenvalue weighted by Crippen LogP contribution is -2.38. The van der Waals surface area contributed by atoms with Gasteiger partial charge in [-0.25, -0.2) is 19.1 Å². The van der Waals surface area contributed by atoms with Gasteiger partial charge in [-0.2, -0.15) is 0 Å². The van der Waals surface area contributed by atoms with Gasteiger partial charge in [0.25, 0.3) is 5.56 Å². The summed E-state index contributed by atoms with van der Waals surface area (Å²) in [4.78, 5) is 43.4. The van der Waals surface area contributed by atoms with Gasteiger partial charge in [0, 0.05) is 12.6 Å². The normalized spacial score (nSPS) is 11.0. The molecule has 0 radical (unpaired) electrons. The standard InChI is InChI=1S/C20H14N4O4/c1-3-8-24-18(25)15-17(23(2)20(24)28)22-16(21-15)13-6-4-12-10-14(19(26)27)7-5-11(12)9-13/h1,4-7,9-10H,8H2,2H3,(H,21,22)(H,26,27). The zero-order chi connectivity index (χ0) is 20.0. The molecule has 138 valence electrons. The van der Waals surface area contributed by atoms with E-state index in [1.165, 1.54) is 17.7 Å². The number of aromatic carboxylic acids is 1. The maximum Gasteiger partial charge on any atom is 0.335 e. The molecular weight excluding hydrogens is 360 g/mol. The van der Waals surface area contributed by atoms with Gasteiger partial charge in [-0.15, -0.1) is 6.42 Å². The second-order valence-corrected chi connectivity index (χ2v) is 6.30. The van der Waals surface area contributed by atoms with Crippen molar-refractivity contribution < 1.29 is 9.90 Å². The number of aromatic amines is 1. The number of hydrogen-bond acceptors (Lipinski definition) is 4. The summed E-state index contributed by atoms with van der Waals surface area (Å²) in [5.41, 5.74) is 0.262. The lowest BCUT2D eigenvalue weighted by atomic mass is 10.0. The molecule has 2 aromatic carbocycles. The Morgan fingerprint density at radius 1 is 1.21 bits per heavy atom. The smallest absolute Gasteiger partial charge is 0.335 e. The number of nitrogens with one attached hydrogen (secondary N) is 1. The van der Waals surface area contributed by atoms with Gasteiger partial charge in [-0.3, -0.25) is 9.36 Å². The van der Waals surface area contributed by atoms with Crippen molar-refractivity contribution in [2.75, 3.05) is 0 Å². The van der Waals surface area contributed by atoms with Crippen molar-refractivity contribution in [3.8, 4) is 23.7 Å².